The van der Waals surface area contributed by atoms with Gasteiger partial charge in [-0.1, -0.05) is 38.3 Å². The Morgan fingerprint density at radius 1 is 1.40 bits per heavy atom. The summed E-state index contributed by atoms with van der Waals surface area (Å²) in [5.74, 6) is 1.42. The third kappa shape index (κ3) is 3.86. The summed E-state index contributed by atoms with van der Waals surface area (Å²) in [7, 11) is 0. The van der Waals surface area contributed by atoms with Crippen LogP contribution in [-0.2, 0) is 0 Å². The molecule has 1 aromatic heterocycles. The van der Waals surface area contributed by atoms with Crippen LogP contribution in [0, 0.1) is 22.7 Å². The summed E-state index contributed by atoms with van der Waals surface area (Å²) in [5.41, 5.74) is 0.933. The van der Waals surface area contributed by atoms with Gasteiger partial charge in [0.2, 0.25) is 0 Å². The molecule has 0 radical (unpaired) electrons. The summed E-state index contributed by atoms with van der Waals surface area (Å²) >= 11 is 5.94. The summed E-state index contributed by atoms with van der Waals surface area (Å²) in [4.78, 5) is 4.26. The van der Waals surface area contributed by atoms with Gasteiger partial charge in [0.05, 0.1) is 11.6 Å². The summed E-state index contributed by atoms with van der Waals surface area (Å²) in [5, 5.41) is 12.7. The van der Waals surface area contributed by atoms with Crippen LogP contribution in [0.1, 0.15) is 51.5 Å². The number of hydrogen-bond acceptors (Lipinski definition) is 3. The maximum absolute atomic E-state index is 8.97. The SMILES string of the molecule is CC(C)CC1(CNc2cc(C#N)cc(Cl)n2)CCCC1. The van der Waals surface area contributed by atoms with Crippen molar-refractivity contribution in [3.8, 4) is 6.07 Å². The Kier molecular flexibility index (Phi) is 4.88. The van der Waals surface area contributed by atoms with Gasteiger partial charge in [-0.25, -0.2) is 4.98 Å². The van der Waals surface area contributed by atoms with E-state index in [0.717, 1.165) is 6.54 Å². The fourth-order valence-corrected chi connectivity index (χ4v) is 3.58. The maximum atomic E-state index is 8.97. The molecule has 1 heterocycles. The minimum Gasteiger partial charge on any atom is -0.369 e. The van der Waals surface area contributed by atoms with Crippen molar-refractivity contribution in [1.82, 2.24) is 4.98 Å². The number of hydrogen-bond donors (Lipinski definition) is 1. The Bertz CT molecular complexity index is 499. The molecule has 0 saturated heterocycles. The number of halogens is 1. The lowest BCUT2D eigenvalue weighted by Crippen LogP contribution is -2.28. The van der Waals surface area contributed by atoms with E-state index in [4.69, 9.17) is 16.9 Å². The quantitative estimate of drug-likeness (QED) is 0.805. The van der Waals surface area contributed by atoms with Gasteiger partial charge in [0.25, 0.3) is 0 Å². The van der Waals surface area contributed by atoms with Crippen molar-refractivity contribution in [3.05, 3.63) is 22.8 Å². The topological polar surface area (TPSA) is 48.7 Å². The molecular weight excluding hydrogens is 270 g/mol. The lowest BCUT2D eigenvalue weighted by atomic mass is 9.78. The van der Waals surface area contributed by atoms with Gasteiger partial charge in [-0.15, -0.1) is 0 Å². The standard InChI is InChI=1S/C16H22ClN3/c1-12(2)9-16(5-3-4-6-16)11-19-15-8-13(10-18)7-14(17)20-15/h7-8,12H,3-6,9,11H2,1-2H3,(H,19,20). The van der Waals surface area contributed by atoms with Crippen molar-refractivity contribution in [2.24, 2.45) is 11.3 Å². The van der Waals surface area contributed by atoms with E-state index in [9.17, 15) is 0 Å². The molecule has 0 amide bonds. The molecule has 1 aliphatic rings. The highest BCUT2D eigenvalue weighted by atomic mass is 35.5. The van der Waals surface area contributed by atoms with Crippen LogP contribution >= 0.6 is 11.6 Å². The molecule has 3 nitrogen and oxygen atoms in total. The van der Waals surface area contributed by atoms with Crippen molar-refractivity contribution in [3.63, 3.8) is 0 Å². The van der Waals surface area contributed by atoms with E-state index in [-0.39, 0.29) is 0 Å². The molecule has 1 saturated carbocycles. The summed E-state index contributed by atoms with van der Waals surface area (Å²) in [6, 6.07) is 5.47. The highest BCUT2D eigenvalue weighted by Crippen LogP contribution is 2.43. The normalized spacial score (nSPS) is 17.1. The van der Waals surface area contributed by atoms with Crippen molar-refractivity contribution >= 4 is 17.4 Å². The third-order valence-electron chi connectivity index (χ3n) is 4.07. The van der Waals surface area contributed by atoms with E-state index in [2.05, 4.69) is 30.2 Å². The lowest BCUT2D eigenvalue weighted by molar-refractivity contribution is 0.252. The van der Waals surface area contributed by atoms with Crippen molar-refractivity contribution in [2.75, 3.05) is 11.9 Å². The lowest BCUT2D eigenvalue weighted by Gasteiger charge is -2.31. The van der Waals surface area contributed by atoms with Crippen molar-refractivity contribution < 1.29 is 0 Å². The number of anilines is 1. The molecule has 0 aromatic carbocycles. The number of pyridine rings is 1. The molecular formula is C16H22ClN3. The summed E-state index contributed by atoms with van der Waals surface area (Å²) in [6.45, 7) is 5.49. The van der Waals surface area contributed by atoms with Crippen LogP contribution in [0.25, 0.3) is 0 Å². The van der Waals surface area contributed by atoms with Crippen molar-refractivity contribution in [1.29, 1.82) is 5.26 Å². The van der Waals surface area contributed by atoms with E-state index >= 15 is 0 Å². The van der Waals surface area contributed by atoms with Gasteiger partial charge in [0.1, 0.15) is 11.0 Å². The first kappa shape index (κ1) is 15.1. The first-order valence-electron chi connectivity index (χ1n) is 7.35. The number of nitrogens with one attached hydrogen (secondary N) is 1. The van der Waals surface area contributed by atoms with Crippen LogP contribution in [0.5, 0.6) is 0 Å². The van der Waals surface area contributed by atoms with E-state index in [1.807, 2.05) is 0 Å². The monoisotopic (exact) mass is 291 g/mol. The van der Waals surface area contributed by atoms with Gasteiger partial charge in [-0.05, 0) is 42.7 Å². The largest absolute Gasteiger partial charge is 0.369 e. The summed E-state index contributed by atoms with van der Waals surface area (Å²) < 4.78 is 0. The number of aromatic nitrogens is 1. The maximum Gasteiger partial charge on any atom is 0.132 e. The second-order valence-corrected chi connectivity index (χ2v) is 6.72. The Balaban J connectivity index is 2.06. The summed E-state index contributed by atoms with van der Waals surface area (Å²) in [6.07, 6.45) is 6.45. The predicted molar refractivity (Wildman–Crippen MR) is 82.8 cm³/mol. The van der Waals surface area contributed by atoms with E-state index in [1.54, 1.807) is 12.1 Å². The molecule has 108 valence electrons. The zero-order chi connectivity index (χ0) is 14.6. The Morgan fingerprint density at radius 2 is 2.10 bits per heavy atom. The molecule has 0 aliphatic heterocycles. The Labute approximate surface area is 126 Å². The van der Waals surface area contributed by atoms with E-state index in [0.29, 0.717) is 27.9 Å². The minimum atomic E-state index is 0.371. The zero-order valence-corrected chi connectivity index (χ0v) is 13.0. The molecule has 0 unspecified atom stereocenters. The molecule has 0 atom stereocenters. The number of nitrogens with zero attached hydrogens (tertiary/aromatic N) is 2. The van der Waals surface area contributed by atoms with E-state index < -0.39 is 0 Å². The minimum absolute atomic E-state index is 0.371. The zero-order valence-electron chi connectivity index (χ0n) is 12.2. The molecule has 0 bridgehead atoms. The Morgan fingerprint density at radius 3 is 2.70 bits per heavy atom. The molecule has 1 N–H and O–H groups in total. The third-order valence-corrected chi connectivity index (χ3v) is 4.27. The molecule has 1 aromatic rings. The number of rotatable bonds is 5. The van der Waals surface area contributed by atoms with Gasteiger partial charge in [-0.2, -0.15) is 5.26 Å². The predicted octanol–water partition coefficient (Wildman–Crippen LogP) is 4.63. The first-order valence-corrected chi connectivity index (χ1v) is 7.72. The Hall–Kier alpha value is -1.27. The van der Waals surface area contributed by atoms with Gasteiger partial charge in [0.15, 0.2) is 0 Å². The molecule has 0 spiro atoms. The van der Waals surface area contributed by atoms with Crippen LogP contribution in [0.4, 0.5) is 5.82 Å². The first-order chi connectivity index (χ1) is 9.53. The fraction of sp³-hybridized carbons (Fsp3) is 0.625. The second-order valence-electron chi connectivity index (χ2n) is 6.33. The van der Waals surface area contributed by atoms with Crippen LogP contribution in [0.15, 0.2) is 12.1 Å². The molecule has 20 heavy (non-hydrogen) atoms. The second kappa shape index (κ2) is 6.45. The molecule has 1 aliphatic carbocycles. The smallest absolute Gasteiger partial charge is 0.132 e. The van der Waals surface area contributed by atoms with Gasteiger partial charge in [0, 0.05) is 6.54 Å². The van der Waals surface area contributed by atoms with Gasteiger partial charge in [-0.3, -0.25) is 0 Å². The average Bonchev–Trinajstić information content (AvgIpc) is 2.84. The average molecular weight is 292 g/mol. The molecule has 1 fully saturated rings. The van der Waals surface area contributed by atoms with Gasteiger partial charge >= 0.3 is 0 Å². The van der Waals surface area contributed by atoms with Crippen LogP contribution in [0.2, 0.25) is 5.15 Å². The van der Waals surface area contributed by atoms with E-state index in [1.165, 1.54) is 32.1 Å². The fourth-order valence-electron chi connectivity index (χ4n) is 3.37. The van der Waals surface area contributed by atoms with Gasteiger partial charge < -0.3 is 5.32 Å². The van der Waals surface area contributed by atoms with Crippen LogP contribution in [-0.4, -0.2) is 11.5 Å². The molecule has 2 rings (SSSR count). The number of nitriles is 1. The van der Waals surface area contributed by atoms with Crippen molar-refractivity contribution in [2.45, 2.75) is 46.0 Å². The highest BCUT2D eigenvalue weighted by Gasteiger charge is 2.34. The highest BCUT2D eigenvalue weighted by molar-refractivity contribution is 6.29. The molecule has 4 heteroatoms. The van der Waals surface area contributed by atoms with Crippen LogP contribution < -0.4 is 5.32 Å². The van der Waals surface area contributed by atoms with Crippen LogP contribution in [0.3, 0.4) is 0 Å².